The summed E-state index contributed by atoms with van der Waals surface area (Å²) in [6, 6.07) is 5.98. The highest BCUT2D eigenvalue weighted by Crippen LogP contribution is 2.26. The van der Waals surface area contributed by atoms with Crippen molar-refractivity contribution in [3.8, 4) is 5.75 Å². The molecule has 20 heavy (non-hydrogen) atoms. The van der Waals surface area contributed by atoms with Gasteiger partial charge in [-0.05, 0) is 31.4 Å². The first-order valence-corrected chi connectivity index (χ1v) is 7.42. The third kappa shape index (κ3) is 3.25. The number of alkyl halides is 1. The van der Waals surface area contributed by atoms with Gasteiger partial charge in [-0.3, -0.25) is 0 Å². The number of benzene rings is 1. The fourth-order valence-electron chi connectivity index (χ4n) is 2.38. The molecule has 0 fully saturated rings. The number of para-hydroxylation sites is 1. The van der Waals surface area contributed by atoms with Gasteiger partial charge in [0, 0.05) is 20.3 Å². The van der Waals surface area contributed by atoms with E-state index < -0.39 is 0 Å². The average molecular weight is 297 g/mol. The molecule has 0 N–H and O–H groups in total. The Morgan fingerprint density at radius 1 is 1.20 bits per heavy atom. The van der Waals surface area contributed by atoms with E-state index in [-0.39, 0.29) is 0 Å². The molecule has 0 aliphatic rings. The van der Waals surface area contributed by atoms with Gasteiger partial charge in [-0.15, -0.1) is 11.6 Å². The maximum Gasteiger partial charge on any atom is 0.146 e. The number of hydrogen-bond acceptors (Lipinski definition) is 3. The number of nitrogens with zero attached hydrogens (tertiary/aromatic N) is 2. The Morgan fingerprint density at radius 2 is 2.05 bits per heavy atom. The van der Waals surface area contributed by atoms with E-state index in [4.69, 9.17) is 21.1 Å². The molecular formula is C15H21ClN2O2. The molecule has 0 atom stereocenters. The number of aromatic nitrogens is 2. The molecule has 0 radical (unpaired) electrons. The van der Waals surface area contributed by atoms with E-state index in [0.717, 1.165) is 55.0 Å². The van der Waals surface area contributed by atoms with Gasteiger partial charge in [-0.2, -0.15) is 0 Å². The van der Waals surface area contributed by atoms with Crippen molar-refractivity contribution in [3.63, 3.8) is 0 Å². The summed E-state index contributed by atoms with van der Waals surface area (Å²) < 4.78 is 12.6. The van der Waals surface area contributed by atoms with Crippen LogP contribution < -0.4 is 4.74 Å². The number of ether oxygens (including phenoxy) is 2. The fraction of sp³-hybridized carbons (Fsp3) is 0.533. The van der Waals surface area contributed by atoms with E-state index >= 15 is 0 Å². The van der Waals surface area contributed by atoms with Crippen LogP contribution in [0.1, 0.15) is 25.1 Å². The molecule has 1 aromatic carbocycles. The molecule has 2 rings (SSSR count). The minimum absolute atomic E-state index is 0.413. The highest BCUT2D eigenvalue weighted by Gasteiger charge is 2.12. The standard InChI is InChI=1S/C15H21ClN2O2/c1-19-10-5-3-4-9-18-12-7-6-8-13(20-2)15(12)17-14(18)11-16/h6-8H,3-5,9-11H2,1-2H3. The lowest BCUT2D eigenvalue weighted by Gasteiger charge is -2.08. The second kappa shape index (κ2) is 7.50. The van der Waals surface area contributed by atoms with E-state index in [1.54, 1.807) is 14.2 Å². The molecule has 0 saturated heterocycles. The number of aryl methyl sites for hydroxylation is 1. The van der Waals surface area contributed by atoms with Crippen LogP contribution in [0, 0.1) is 0 Å². The Kier molecular flexibility index (Phi) is 5.68. The van der Waals surface area contributed by atoms with Crippen molar-refractivity contribution in [1.29, 1.82) is 0 Å². The molecule has 1 heterocycles. The monoisotopic (exact) mass is 296 g/mol. The van der Waals surface area contributed by atoms with Gasteiger partial charge in [0.05, 0.1) is 18.5 Å². The highest BCUT2D eigenvalue weighted by atomic mass is 35.5. The molecule has 4 nitrogen and oxygen atoms in total. The third-order valence-electron chi connectivity index (χ3n) is 3.39. The summed E-state index contributed by atoms with van der Waals surface area (Å²) in [5.74, 6) is 2.11. The number of halogens is 1. The second-order valence-electron chi connectivity index (χ2n) is 4.69. The van der Waals surface area contributed by atoms with Crippen molar-refractivity contribution in [1.82, 2.24) is 9.55 Å². The van der Waals surface area contributed by atoms with Gasteiger partial charge in [0.15, 0.2) is 0 Å². The van der Waals surface area contributed by atoms with E-state index in [0.29, 0.717) is 5.88 Å². The molecule has 2 aromatic rings. The minimum Gasteiger partial charge on any atom is -0.494 e. The molecule has 0 aliphatic heterocycles. The number of methoxy groups -OCH3 is 2. The number of hydrogen-bond donors (Lipinski definition) is 0. The Labute approximate surface area is 124 Å². The molecular weight excluding hydrogens is 276 g/mol. The molecule has 0 spiro atoms. The van der Waals surface area contributed by atoms with Gasteiger partial charge in [-0.25, -0.2) is 4.98 Å². The molecule has 0 saturated carbocycles. The highest BCUT2D eigenvalue weighted by molar-refractivity contribution is 6.16. The first-order chi connectivity index (χ1) is 9.81. The summed E-state index contributed by atoms with van der Waals surface area (Å²) in [6.07, 6.45) is 3.32. The van der Waals surface area contributed by atoms with Crippen LogP contribution in [0.4, 0.5) is 0 Å². The van der Waals surface area contributed by atoms with Crippen molar-refractivity contribution in [2.45, 2.75) is 31.7 Å². The summed E-state index contributed by atoms with van der Waals surface area (Å²) >= 11 is 6.02. The van der Waals surface area contributed by atoms with Gasteiger partial charge in [0.1, 0.15) is 17.1 Å². The molecule has 0 bridgehead atoms. The van der Waals surface area contributed by atoms with Crippen LogP contribution in [0.15, 0.2) is 18.2 Å². The zero-order valence-electron chi connectivity index (χ0n) is 12.1. The maximum atomic E-state index is 6.02. The summed E-state index contributed by atoms with van der Waals surface area (Å²) in [6.45, 7) is 1.75. The maximum absolute atomic E-state index is 6.02. The van der Waals surface area contributed by atoms with Gasteiger partial charge in [0.2, 0.25) is 0 Å². The third-order valence-corrected chi connectivity index (χ3v) is 3.63. The molecule has 0 unspecified atom stereocenters. The molecule has 110 valence electrons. The van der Waals surface area contributed by atoms with Crippen molar-refractivity contribution in [3.05, 3.63) is 24.0 Å². The Balaban J connectivity index is 2.18. The first-order valence-electron chi connectivity index (χ1n) is 6.88. The van der Waals surface area contributed by atoms with E-state index in [2.05, 4.69) is 15.6 Å². The Hall–Kier alpha value is -1.26. The predicted molar refractivity (Wildman–Crippen MR) is 81.6 cm³/mol. The Morgan fingerprint density at radius 3 is 2.75 bits per heavy atom. The number of unbranched alkanes of at least 4 members (excludes halogenated alkanes) is 2. The van der Waals surface area contributed by atoms with Crippen LogP contribution in [0.25, 0.3) is 11.0 Å². The van der Waals surface area contributed by atoms with Crippen LogP contribution >= 0.6 is 11.6 Å². The summed E-state index contributed by atoms with van der Waals surface area (Å²) in [5.41, 5.74) is 1.98. The van der Waals surface area contributed by atoms with Crippen LogP contribution in [0.3, 0.4) is 0 Å². The van der Waals surface area contributed by atoms with E-state index in [9.17, 15) is 0 Å². The summed E-state index contributed by atoms with van der Waals surface area (Å²) in [4.78, 5) is 4.60. The van der Waals surface area contributed by atoms with Crippen molar-refractivity contribution in [2.75, 3.05) is 20.8 Å². The largest absolute Gasteiger partial charge is 0.494 e. The van der Waals surface area contributed by atoms with Crippen molar-refractivity contribution < 1.29 is 9.47 Å². The minimum atomic E-state index is 0.413. The zero-order chi connectivity index (χ0) is 14.4. The topological polar surface area (TPSA) is 36.3 Å². The lowest BCUT2D eigenvalue weighted by atomic mass is 10.2. The average Bonchev–Trinajstić information content (AvgIpc) is 2.85. The smallest absolute Gasteiger partial charge is 0.146 e. The summed E-state index contributed by atoms with van der Waals surface area (Å²) in [7, 11) is 3.40. The number of imidazole rings is 1. The summed E-state index contributed by atoms with van der Waals surface area (Å²) in [5, 5.41) is 0. The molecule has 0 aliphatic carbocycles. The van der Waals surface area contributed by atoms with Gasteiger partial charge in [-0.1, -0.05) is 6.07 Å². The van der Waals surface area contributed by atoms with E-state index in [1.807, 2.05) is 12.1 Å². The van der Waals surface area contributed by atoms with Gasteiger partial charge < -0.3 is 14.0 Å². The fourth-order valence-corrected chi connectivity index (χ4v) is 2.58. The van der Waals surface area contributed by atoms with Crippen molar-refractivity contribution >= 4 is 22.6 Å². The number of fused-ring (bicyclic) bond motifs is 1. The van der Waals surface area contributed by atoms with Gasteiger partial charge in [0.25, 0.3) is 0 Å². The number of rotatable bonds is 8. The van der Waals surface area contributed by atoms with Crippen LogP contribution in [0.2, 0.25) is 0 Å². The lowest BCUT2D eigenvalue weighted by Crippen LogP contribution is -2.03. The SMILES string of the molecule is COCCCCCn1c(CCl)nc2c(OC)cccc21. The zero-order valence-corrected chi connectivity index (χ0v) is 12.8. The van der Waals surface area contributed by atoms with Crippen molar-refractivity contribution in [2.24, 2.45) is 0 Å². The first kappa shape index (κ1) is 15.1. The molecule has 0 amide bonds. The van der Waals surface area contributed by atoms with Crippen LogP contribution in [0.5, 0.6) is 5.75 Å². The predicted octanol–water partition coefficient (Wildman–Crippen LogP) is 3.60. The molecule has 5 heteroatoms. The molecule has 1 aromatic heterocycles. The lowest BCUT2D eigenvalue weighted by molar-refractivity contribution is 0.191. The van der Waals surface area contributed by atoms with Gasteiger partial charge >= 0.3 is 0 Å². The van der Waals surface area contributed by atoms with E-state index in [1.165, 1.54) is 0 Å². The Bertz CT molecular complexity index is 554. The normalized spacial score (nSPS) is 11.2. The van der Waals surface area contributed by atoms with Crippen LogP contribution in [-0.2, 0) is 17.2 Å². The quantitative estimate of drug-likeness (QED) is 0.551. The van der Waals surface area contributed by atoms with Crippen LogP contribution in [-0.4, -0.2) is 30.4 Å². The second-order valence-corrected chi connectivity index (χ2v) is 4.96.